The van der Waals surface area contributed by atoms with E-state index < -0.39 is 28.0 Å². The number of carbonyl (C=O) groups is 1. The van der Waals surface area contributed by atoms with E-state index in [2.05, 4.69) is 0 Å². The fraction of sp³-hybridized carbons (Fsp3) is 0.222. The van der Waals surface area contributed by atoms with E-state index in [1.165, 1.54) is 0 Å². The number of nitrogens with zero attached hydrogens (tertiary/aromatic N) is 1. The van der Waals surface area contributed by atoms with Crippen LogP contribution in [0.5, 0.6) is 5.75 Å². The molecule has 0 aliphatic carbocycles. The molecular formula is C9H8FNO5. The van der Waals surface area contributed by atoms with E-state index in [1.807, 2.05) is 0 Å². The number of aromatic carboxylic acids is 1. The Morgan fingerprint density at radius 1 is 1.62 bits per heavy atom. The van der Waals surface area contributed by atoms with Gasteiger partial charge in [-0.3, -0.25) is 10.1 Å². The SMILES string of the molecule is CCOc1cc([N+](=O)[O-])c(F)cc1C(=O)O. The zero-order valence-electron chi connectivity index (χ0n) is 8.27. The average molecular weight is 229 g/mol. The van der Waals surface area contributed by atoms with E-state index in [4.69, 9.17) is 9.84 Å². The fourth-order valence-electron chi connectivity index (χ4n) is 1.12. The first-order valence-corrected chi connectivity index (χ1v) is 4.31. The van der Waals surface area contributed by atoms with Gasteiger partial charge in [-0.15, -0.1) is 0 Å². The van der Waals surface area contributed by atoms with Gasteiger partial charge in [-0.2, -0.15) is 4.39 Å². The molecule has 0 heterocycles. The van der Waals surface area contributed by atoms with Crippen LogP contribution in [0.2, 0.25) is 0 Å². The summed E-state index contributed by atoms with van der Waals surface area (Å²) in [5.74, 6) is -2.83. The van der Waals surface area contributed by atoms with Gasteiger partial charge in [-0.05, 0) is 13.0 Å². The Labute approximate surface area is 89.4 Å². The Hall–Kier alpha value is -2.18. The van der Waals surface area contributed by atoms with Gasteiger partial charge >= 0.3 is 11.7 Å². The lowest BCUT2D eigenvalue weighted by Crippen LogP contribution is -2.05. The summed E-state index contributed by atoms with van der Waals surface area (Å²) >= 11 is 0. The number of hydrogen-bond acceptors (Lipinski definition) is 4. The van der Waals surface area contributed by atoms with Crippen LogP contribution in [0.3, 0.4) is 0 Å². The quantitative estimate of drug-likeness (QED) is 0.628. The van der Waals surface area contributed by atoms with Crippen molar-refractivity contribution in [2.75, 3.05) is 6.61 Å². The van der Waals surface area contributed by atoms with Crippen molar-refractivity contribution in [2.45, 2.75) is 6.92 Å². The van der Waals surface area contributed by atoms with Crippen LogP contribution in [-0.4, -0.2) is 22.6 Å². The molecule has 6 nitrogen and oxygen atoms in total. The molecular weight excluding hydrogens is 221 g/mol. The molecule has 1 aromatic rings. The Bertz CT molecular complexity index is 446. The molecule has 0 bridgehead atoms. The molecule has 0 aromatic heterocycles. The van der Waals surface area contributed by atoms with Crippen LogP contribution >= 0.6 is 0 Å². The summed E-state index contributed by atoms with van der Waals surface area (Å²) in [4.78, 5) is 20.2. The van der Waals surface area contributed by atoms with Gasteiger partial charge in [0.1, 0.15) is 11.3 Å². The Balaban J connectivity index is 3.36. The highest BCUT2D eigenvalue weighted by atomic mass is 19.1. The summed E-state index contributed by atoms with van der Waals surface area (Å²) in [6.07, 6.45) is 0. The second-order valence-electron chi connectivity index (χ2n) is 2.80. The van der Waals surface area contributed by atoms with Gasteiger partial charge in [0.05, 0.1) is 17.6 Å². The maximum absolute atomic E-state index is 13.1. The molecule has 0 saturated carbocycles. The van der Waals surface area contributed by atoms with Crippen LogP contribution in [0.15, 0.2) is 12.1 Å². The zero-order valence-corrected chi connectivity index (χ0v) is 8.27. The minimum atomic E-state index is -1.41. The first-order valence-electron chi connectivity index (χ1n) is 4.31. The van der Waals surface area contributed by atoms with Crippen molar-refractivity contribution < 1.29 is 24.0 Å². The summed E-state index contributed by atoms with van der Waals surface area (Å²) in [5, 5.41) is 19.2. The Morgan fingerprint density at radius 2 is 2.25 bits per heavy atom. The third-order valence-corrected chi connectivity index (χ3v) is 1.78. The lowest BCUT2D eigenvalue weighted by molar-refractivity contribution is -0.387. The van der Waals surface area contributed by atoms with E-state index in [0.717, 1.165) is 6.07 Å². The van der Waals surface area contributed by atoms with Gasteiger partial charge < -0.3 is 9.84 Å². The molecule has 7 heteroatoms. The largest absolute Gasteiger partial charge is 0.493 e. The highest BCUT2D eigenvalue weighted by Crippen LogP contribution is 2.28. The normalized spacial score (nSPS) is 9.88. The number of hydrogen-bond donors (Lipinski definition) is 1. The van der Waals surface area contributed by atoms with Crippen LogP contribution in [0.4, 0.5) is 10.1 Å². The summed E-state index contributed by atoms with van der Waals surface area (Å²) < 4.78 is 18.0. The lowest BCUT2D eigenvalue weighted by atomic mass is 10.1. The first-order chi connectivity index (χ1) is 7.47. The number of rotatable bonds is 4. The molecule has 1 aromatic carbocycles. The van der Waals surface area contributed by atoms with Gasteiger partial charge in [-0.1, -0.05) is 0 Å². The van der Waals surface area contributed by atoms with Crippen molar-refractivity contribution in [1.29, 1.82) is 0 Å². The van der Waals surface area contributed by atoms with Crippen molar-refractivity contribution in [3.05, 3.63) is 33.6 Å². The van der Waals surface area contributed by atoms with Gasteiger partial charge in [0.2, 0.25) is 5.82 Å². The summed E-state index contributed by atoms with van der Waals surface area (Å²) in [5.41, 5.74) is -1.25. The molecule has 0 radical (unpaired) electrons. The summed E-state index contributed by atoms with van der Waals surface area (Å²) in [6, 6.07) is 1.34. The monoisotopic (exact) mass is 229 g/mol. The molecule has 0 spiro atoms. The third-order valence-electron chi connectivity index (χ3n) is 1.78. The Kier molecular flexibility index (Phi) is 3.39. The van der Waals surface area contributed by atoms with Crippen molar-refractivity contribution in [1.82, 2.24) is 0 Å². The maximum atomic E-state index is 13.1. The van der Waals surface area contributed by atoms with Gasteiger partial charge in [0.15, 0.2) is 0 Å². The van der Waals surface area contributed by atoms with E-state index in [0.29, 0.717) is 6.07 Å². The number of nitro groups is 1. The average Bonchev–Trinajstić information content (AvgIpc) is 2.19. The van der Waals surface area contributed by atoms with E-state index in [-0.39, 0.29) is 12.4 Å². The van der Waals surface area contributed by atoms with Gasteiger partial charge in [0.25, 0.3) is 0 Å². The molecule has 0 fully saturated rings. The topological polar surface area (TPSA) is 89.7 Å². The van der Waals surface area contributed by atoms with Crippen LogP contribution in [0.25, 0.3) is 0 Å². The molecule has 0 amide bonds. The standard InChI is InChI=1S/C9H8FNO5/c1-2-16-8-4-7(11(14)15)6(10)3-5(8)9(12)13/h3-4H,2H2,1H3,(H,12,13). The molecule has 1 rings (SSSR count). The number of halogens is 1. The van der Waals surface area contributed by atoms with Gasteiger partial charge in [-0.25, -0.2) is 4.79 Å². The molecule has 0 aliphatic heterocycles. The zero-order chi connectivity index (χ0) is 12.3. The highest BCUT2D eigenvalue weighted by molar-refractivity contribution is 5.91. The first kappa shape index (κ1) is 11.9. The minimum absolute atomic E-state index is 0.128. The summed E-state index contributed by atoms with van der Waals surface area (Å²) in [6.45, 7) is 1.71. The highest BCUT2D eigenvalue weighted by Gasteiger charge is 2.22. The smallest absolute Gasteiger partial charge is 0.339 e. The second kappa shape index (κ2) is 4.56. The van der Waals surface area contributed by atoms with Crippen molar-refractivity contribution >= 4 is 11.7 Å². The van der Waals surface area contributed by atoms with E-state index in [1.54, 1.807) is 6.92 Å². The third kappa shape index (κ3) is 2.25. The fourth-order valence-corrected chi connectivity index (χ4v) is 1.12. The second-order valence-corrected chi connectivity index (χ2v) is 2.80. The molecule has 1 N–H and O–H groups in total. The van der Waals surface area contributed by atoms with Gasteiger partial charge in [0, 0.05) is 0 Å². The maximum Gasteiger partial charge on any atom is 0.339 e. The van der Waals surface area contributed by atoms with Crippen LogP contribution in [0.1, 0.15) is 17.3 Å². The Morgan fingerprint density at radius 3 is 2.69 bits per heavy atom. The summed E-state index contributed by atoms with van der Waals surface area (Å²) in [7, 11) is 0. The molecule has 86 valence electrons. The van der Waals surface area contributed by atoms with Crippen molar-refractivity contribution in [2.24, 2.45) is 0 Å². The minimum Gasteiger partial charge on any atom is -0.493 e. The van der Waals surface area contributed by atoms with Crippen molar-refractivity contribution in [3.8, 4) is 5.75 Å². The number of carboxylic acid groups (broad SMARTS) is 1. The number of carboxylic acids is 1. The lowest BCUT2D eigenvalue weighted by Gasteiger charge is -2.06. The predicted octanol–water partition coefficient (Wildman–Crippen LogP) is 1.83. The number of ether oxygens (including phenoxy) is 1. The molecule has 0 aliphatic rings. The molecule has 0 saturated heterocycles. The van der Waals surface area contributed by atoms with Crippen LogP contribution in [-0.2, 0) is 0 Å². The number of benzene rings is 1. The van der Waals surface area contributed by atoms with Crippen molar-refractivity contribution in [3.63, 3.8) is 0 Å². The van der Waals surface area contributed by atoms with E-state index >= 15 is 0 Å². The van der Waals surface area contributed by atoms with Crippen LogP contribution < -0.4 is 4.74 Å². The van der Waals surface area contributed by atoms with E-state index in [9.17, 15) is 19.3 Å². The molecule has 16 heavy (non-hydrogen) atoms. The number of nitro benzene ring substituents is 1. The predicted molar refractivity (Wildman–Crippen MR) is 51.2 cm³/mol. The van der Waals surface area contributed by atoms with Crippen LogP contribution in [0, 0.1) is 15.9 Å². The molecule has 0 atom stereocenters. The molecule has 0 unspecified atom stereocenters.